The Bertz CT molecular complexity index is 1040. The van der Waals surface area contributed by atoms with Crippen LogP contribution >= 0.6 is 23.1 Å². The van der Waals surface area contributed by atoms with Crippen LogP contribution in [0.4, 0.5) is 4.39 Å². The van der Waals surface area contributed by atoms with E-state index in [9.17, 15) is 9.18 Å². The van der Waals surface area contributed by atoms with Gasteiger partial charge in [0.25, 0.3) is 0 Å². The number of amides is 1. The molecule has 8 heteroatoms. The van der Waals surface area contributed by atoms with Crippen LogP contribution in [-0.2, 0) is 16.1 Å². The molecule has 1 heterocycles. The first-order valence-corrected chi connectivity index (χ1v) is 11.6. The van der Waals surface area contributed by atoms with Crippen molar-refractivity contribution in [1.82, 2.24) is 4.57 Å². The number of carbonyl (C=O) groups is 1. The Morgan fingerprint density at radius 1 is 1.23 bits per heavy atom. The predicted molar refractivity (Wildman–Crippen MR) is 120 cm³/mol. The van der Waals surface area contributed by atoms with Crippen molar-refractivity contribution in [3.05, 3.63) is 53.1 Å². The average molecular weight is 449 g/mol. The average Bonchev–Trinajstić information content (AvgIpc) is 3.07. The Kier molecular flexibility index (Phi) is 8.48. The number of carbonyl (C=O) groups excluding carboxylic acids is 1. The lowest BCUT2D eigenvalue weighted by atomic mass is 10.3. The van der Waals surface area contributed by atoms with Crippen molar-refractivity contribution in [3.63, 3.8) is 0 Å². The lowest BCUT2D eigenvalue weighted by Gasteiger charge is -2.05. The third-order valence-electron chi connectivity index (χ3n) is 4.39. The van der Waals surface area contributed by atoms with Crippen LogP contribution in [0.5, 0.6) is 5.75 Å². The third kappa shape index (κ3) is 6.17. The number of thioether (sulfide) groups is 1. The van der Waals surface area contributed by atoms with Crippen molar-refractivity contribution in [2.45, 2.75) is 31.2 Å². The summed E-state index contributed by atoms with van der Waals surface area (Å²) in [5, 5.41) is 0. The number of benzene rings is 2. The molecule has 5 nitrogen and oxygen atoms in total. The van der Waals surface area contributed by atoms with Gasteiger partial charge in [-0.15, -0.1) is 11.8 Å². The first-order chi connectivity index (χ1) is 14.6. The second-order valence-corrected chi connectivity index (χ2v) is 8.66. The normalized spacial score (nSPS) is 11.9. The van der Waals surface area contributed by atoms with Crippen LogP contribution in [0.25, 0.3) is 10.2 Å². The zero-order valence-corrected chi connectivity index (χ0v) is 18.7. The van der Waals surface area contributed by atoms with Gasteiger partial charge in [0.1, 0.15) is 11.6 Å². The quantitative estimate of drug-likeness (QED) is 0.327. The van der Waals surface area contributed by atoms with E-state index in [1.807, 2.05) is 35.8 Å². The number of methoxy groups -OCH3 is 1. The monoisotopic (exact) mass is 448 g/mol. The largest absolute Gasteiger partial charge is 0.497 e. The van der Waals surface area contributed by atoms with Crippen LogP contribution in [-0.4, -0.2) is 36.6 Å². The number of hydrogen-bond donors (Lipinski definition) is 0. The summed E-state index contributed by atoms with van der Waals surface area (Å²) in [7, 11) is 1.64. The zero-order chi connectivity index (χ0) is 21.3. The topological polar surface area (TPSA) is 52.8 Å². The molecule has 2 aromatic carbocycles. The second-order valence-electron chi connectivity index (χ2n) is 6.48. The number of hydrogen-bond acceptors (Lipinski definition) is 5. The summed E-state index contributed by atoms with van der Waals surface area (Å²) in [6.45, 7) is 3.64. The smallest absolute Gasteiger partial charge is 0.248 e. The molecule has 0 N–H and O–H groups in total. The summed E-state index contributed by atoms with van der Waals surface area (Å²) in [6.07, 6.45) is 1.11. The van der Waals surface area contributed by atoms with E-state index in [4.69, 9.17) is 9.47 Å². The first kappa shape index (κ1) is 22.5. The molecule has 3 rings (SSSR count). The van der Waals surface area contributed by atoms with Gasteiger partial charge in [0.15, 0.2) is 4.80 Å². The molecule has 1 aromatic heterocycles. The SMILES string of the molecule is CCOCCn1c(=NC(=O)CCCSc2ccc(OC)cc2)sc2cc(F)ccc21. The molecule has 1 amide bonds. The zero-order valence-electron chi connectivity index (χ0n) is 17.1. The van der Waals surface area contributed by atoms with E-state index in [1.54, 1.807) is 24.9 Å². The Morgan fingerprint density at radius 2 is 2.03 bits per heavy atom. The number of aromatic nitrogens is 1. The van der Waals surface area contributed by atoms with Gasteiger partial charge >= 0.3 is 0 Å². The fourth-order valence-corrected chi connectivity index (χ4v) is 4.85. The number of rotatable bonds is 10. The van der Waals surface area contributed by atoms with Gasteiger partial charge in [-0.3, -0.25) is 4.79 Å². The molecular weight excluding hydrogens is 423 g/mol. The number of halogens is 1. The Morgan fingerprint density at radius 3 is 2.77 bits per heavy atom. The fourth-order valence-electron chi connectivity index (χ4n) is 2.90. The minimum atomic E-state index is -0.297. The molecule has 0 spiro atoms. The Balaban J connectivity index is 1.63. The fraction of sp³-hybridized carbons (Fsp3) is 0.364. The van der Waals surface area contributed by atoms with Gasteiger partial charge in [-0.25, -0.2) is 4.39 Å². The van der Waals surface area contributed by atoms with E-state index in [2.05, 4.69) is 4.99 Å². The van der Waals surface area contributed by atoms with Gasteiger partial charge in [0.2, 0.25) is 5.91 Å². The predicted octanol–water partition coefficient (Wildman–Crippen LogP) is 4.89. The summed E-state index contributed by atoms with van der Waals surface area (Å²) in [5.74, 6) is 1.20. The molecule has 3 aromatic rings. The summed E-state index contributed by atoms with van der Waals surface area (Å²) >= 11 is 3.03. The molecule has 0 aliphatic rings. The van der Waals surface area contributed by atoms with Gasteiger partial charge in [0.05, 0.1) is 23.9 Å². The molecule has 0 fully saturated rings. The Hall–Kier alpha value is -2.16. The molecule has 160 valence electrons. The Labute approximate surface area is 183 Å². The van der Waals surface area contributed by atoms with E-state index >= 15 is 0 Å². The number of fused-ring (bicyclic) bond motifs is 1. The van der Waals surface area contributed by atoms with E-state index in [-0.39, 0.29) is 11.7 Å². The molecule has 0 saturated carbocycles. The highest BCUT2D eigenvalue weighted by molar-refractivity contribution is 7.99. The summed E-state index contributed by atoms with van der Waals surface area (Å²) in [5.41, 5.74) is 0.864. The van der Waals surface area contributed by atoms with Crippen molar-refractivity contribution in [2.24, 2.45) is 4.99 Å². The molecule has 0 saturated heterocycles. The van der Waals surface area contributed by atoms with Crippen molar-refractivity contribution >= 4 is 39.2 Å². The second kappa shape index (κ2) is 11.3. The van der Waals surface area contributed by atoms with E-state index < -0.39 is 0 Å². The number of thiazole rings is 1. The van der Waals surface area contributed by atoms with Gasteiger partial charge in [0, 0.05) is 24.5 Å². The lowest BCUT2D eigenvalue weighted by Crippen LogP contribution is -2.19. The van der Waals surface area contributed by atoms with Gasteiger partial charge in [-0.2, -0.15) is 4.99 Å². The van der Waals surface area contributed by atoms with Crippen molar-refractivity contribution in [1.29, 1.82) is 0 Å². The van der Waals surface area contributed by atoms with Gasteiger partial charge in [-0.1, -0.05) is 11.3 Å². The molecule has 30 heavy (non-hydrogen) atoms. The maximum atomic E-state index is 13.6. The van der Waals surface area contributed by atoms with Crippen molar-refractivity contribution in [3.8, 4) is 5.75 Å². The highest BCUT2D eigenvalue weighted by Crippen LogP contribution is 2.22. The molecule has 0 radical (unpaired) electrons. The van der Waals surface area contributed by atoms with Crippen LogP contribution in [0.2, 0.25) is 0 Å². The molecule has 0 atom stereocenters. The van der Waals surface area contributed by atoms with Crippen LogP contribution < -0.4 is 9.54 Å². The highest BCUT2D eigenvalue weighted by atomic mass is 32.2. The summed E-state index contributed by atoms with van der Waals surface area (Å²) < 4.78 is 26.9. The van der Waals surface area contributed by atoms with E-state index in [0.29, 0.717) is 31.0 Å². The lowest BCUT2D eigenvalue weighted by molar-refractivity contribution is -0.118. The van der Waals surface area contributed by atoms with Crippen molar-refractivity contribution in [2.75, 3.05) is 26.1 Å². The maximum absolute atomic E-state index is 13.6. The maximum Gasteiger partial charge on any atom is 0.248 e. The highest BCUT2D eigenvalue weighted by Gasteiger charge is 2.09. The molecule has 0 aliphatic carbocycles. The van der Waals surface area contributed by atoms with Crippen LogP contribution in [0.3, 0.4) is 0 Å². The van der Waals surface area contributed by atoms with Gasteiger partial charge in [-0.05, 0) is 61.6 Å². The molecule has 0 aliphatic heterocycles. The summed E-state index contributed by atoms with van der Waals surface area (Å²) in [4.78, 5) is 18.5. The van der Waals surface area contributed by atoms with E-state index in [0.717, 1.165) is 33.0 Å². The van der Waals surface area contributed by atoms with Crippen LogP contribution in [0, 0.1) is 5.82 Å². The first-order valence-electron chi connectivity index (χ1n) is 9.81. The molecule has 0 bridgehead atoms. The summed E-state index contributed by atoms with van der Waals surface area (Å²) in [6, 6.07) is 12.5. The standard InChI is InChI=1S/C22H25FN2O3S2/c1-3-28-13-12-25-19-11-6-16(23)15-20(19)30-22(25)24-21(26)5-4-14-29-18-9-7-17(27-2)8-10-18/h6-11,15H,3-5,12-14H2,1-2H3. The molecular formula is C22H25FN2O3S2. The van der Waals surface area contributed by atoms with Crippen LogP contribution in [0.15, 0.2) is 52.4 Å². The van der Waals surface area contributed by atoms with Crippen LogP contribution in [0.1, 0.15) is 19.8 Å². The minimum absolute atomic E-state index is 0.164. The minimum Gasteiger partial charge on any atom is -0.497 e. The number of nitrogens with zero attached hydrogens (tertiary/aromatic N) is 2. The third-order valence-corrected chi connectivity index (χ3v) is 6.53. The number of ether oxygens (including phenoxy) is 2. The van der Waals surface area contributed by atoms with Gasteiger partial charge < -0.3 is 14.0 Å². The van der Waals surface area contributed by atoms with Crippen molar-refractivity contribution < 1.29 is 18.7 Å². The molecule has 0 unspecified atom stereocenters. The van der Waals surface area contributed by atoms with E-state index in [1.165, 1.54) is 23.5 Å².